The Labute approximate surface area is 124 Å². The first-order chi connectivity index (χ1) is 10.3. The van der Waals surface area contributed by atoms with Crippen LogP contribution in [0.15, 0.2) is 30.6 Å². The lowest BCUT2D eigenvalue weighted by molar-refractivity contribution is -0.135. The second kappa shape index (κ2) is 6.12. The van der Waals surface area contributed by atoms with Crippen molar-refractivity contribution in [1.82, 2.24) is 9.55 Å². The minimum atomic E-state index is -0.247. The number of nitrogens with zero attached hydrogens (tertiary/aromatic N) is 2. The molecule has 0 unspecified atom stereocenters. The van der Waals surface area contributed by atoms with Gasteiger partial charge < -0.3 is 9.30 Å². The van der Waals surface area contributed by atoms with Crippen LogP contribution in [0, 0.1) is 0 Å². The number of carbonyl (C=O) groups is 1. The van der Waals surface area contributed by atoms with Gasteiger partial charge in [-0.2, -0.15) is 0 Å². The van der Waals surface area contributed by atoms with Crippen LogP contribution >= 0.6 is 0 Å². The normalized spacial score (nSPS) is 13.2. The summed E-state index contributed by atoms with van der Waals surface area (Å²) in [6.07, 6.45) is 8.86. The van der Waals surface area contributed by atoms with E-state index in [1.807, 2.05) is 22.9 Å². The highest BCUT2D eigenvalue weighted by molar-refractivity contribution is 5.72. The quantitative estimate of drug-likeness (QED) is 0.626. The van der Waals surface area contributed by atoms with Crippen molar-refractivity contribution in [3.05, 3.63) is 47.5 Å². The van der Waals surface area contributed by atoms with Crippen molar-refractivity contribution in [1.29, 1.82) is 0 Å². The fourth-order valence-corrected chi connectivity index (χ4v) is 2.85. The van der Waals surface area contributed by atoms with E-state index in [0.29, 0.717) is 5.75 Å². The van der Waals surface area contributed by atoms with Crippen LogP contribution in [-0.2, 0) is 30.6 Å². The van der Waals surface area contributed by atoms with Crippen LogP contribution in [-0.4, -0.2) is 15.5 Å². The maximum absolute atomic E-state index is 12.1. The van der Waals surface area contributed by atoms with Gasteiger partial charge in [0.2, 0.25) is 0 Å². The van der Waals surface area contributed by atoms with Gasteiger partial charge in [0.25, 0.3) is 0 Å². The van der Waals surface area contributed by atoms with Gasteiger partial charge in [-0.1, -0.05) is 13.0 Å². The molecule has 0 N–H and O–H groups in total. The lowest BCUT2D eigenvalue weighted by Crippen LogP contribution is -2.17. The first-order valence-electron chi connectivity index (χ1n) is 7.58. The van der Waals surface area contributed by atoms with E-state index in [1.54, 1.807) is 6.20 Å². The molecule has 0 saturated carbocycles. The maximum Gasteiger partial charge on any atom is 0.331 e. The van der Waals surface area contributed by atoms with Crippen molar-refractivity contribution in [3.63, 3.8) is 0 Å². The molecule has 0 aliphatic heterocycles. The first kappa shape index (κ1) is 13.9. The average Bonchev–Trinajstić information content (AvgIpc) is 3.08. The highest BCUT2D eigenvalue weighted by atomic mass is 16.5. The molecule has 1 aliphatic rings. The van der Waals surface area contributed by atoms with Gasteiger partial charge in [-0.25, -0.2) is 9.78 Å². The van der Waals surface area contributed by atoms with Crippen LogP contribution in [0.3, 0.4) is 0 Å². The van der Waals surface area contributed by atoms with Crippen LogP contribution in [0.1, 0.15) is 36.7 Å². The van der Waals surface area contributed by atoms with E-state index >= 15 is 0 Å². The van der Waals surface area contributed by atoms with Crippen LogP contribution in [0.4, 0.5) is 0 Å². The lowest BCUT2D eigenvalue weighted by Gasteiger charge is -2.09. The van der Waals surface area contributed by atoms with E-state index in [-0.39, 0.29) is 12.5 Å². The number of hydrogen-bond donors (Lipinski definition) is 0. The standard InChI is InChI=1S/C17H20N2O2/c1-2-4-16-18-9-10-19(16)12-17(20)21-15-8-7-13-5-3-6-14(13)11-15/h7-11H,2-6,12H2,1H3. The van der Waals surface area contributed by atoms with Crippen molar-refractivity contribution >= 4 is 5.97 Å². The summed E-state index contributed by atoms with van der Waals surface area (Å²) in [5.74, 6) is 1.34. The van der Waals surface area contributed by atoms with Crippen LogP contribution in [0.25, 0.3) is 0 Å². The number of carbonyl (C=O) groups excluding carboxylic acids is 1. The number of esters is 1. The number of fused-ring (bicyclic) bond motifs is 1. The van der Waals surface area contributed by atoms with E-state index in [2.05, 4.69) is 18.0 Å². The first-order valence-corrected chi connectivity index (χ1v) is 7.58. The summed E-state index contributed by atoms with van der Waals surface area (Å²) >= 11 is 0. The predicted molar refractivity (Wildman–Crippen MR) is 80.3 cm³/mol. The van der Waals surface area contributed by atoms with Gasteiger partial charge in [0, 0.05) is 18.8 Å². The predicted octanol–water partition coefficient (Wildman–Crippen LogP) is 2.93. The third-order valence-corrected chi connectivity index (χ3v) is 3.88. The Kier molecular flexibility index (Phi) is 4.04. The van der Waals surface area contributed by atoms with Crippen molar-refractivity contribution in [2.24, 2.45) is 0 Å². The summed E-state index contributed by atoms with van der Waals surface area (Å²) in [5.41, 5.74) is 2.70. The summed E-state index contributed by atoms with van der Waals surface area (Å²) in [5, 5.41) is 0. The van der Waals surface area contributed by atoms with E-state index < -0.39 is 0 Å². The van der Waals surface area contributed by atoms with Crippen molar-refractivity contribution < 1.29 is 9.53 Å². The van der Waals surface area contributed by atoms with Crippen LogP contribution in [0.5, 0.6) is 5.75 Å². The van der Waals surface area contributed by atoms with E-state index in [1.165, 1.54) is 17.5 Å². The Bertz CT molecular complexity index is 646. The molecule has 0 bridgehead atoms. The molecular formula is C17H20N2O2. The third kappa shape index (κ3) is 3.15. The van der Waals surface area contributed by atoms with E-state index in [9.17, 15) is 4.79 Å². The van der Waals surface area contributed by atoms with Gasteiger partial charge in [-0.3, -0.25) is 0 Å². The Balaban J connectivity index is 1.65. The monoisotopic (exact) mass is 284 g/mol. The largest absolute Gasteiger partial charge is 0.425 e. The molecule has 1 heterocycles. The molecule has 2 aromatic rings. The molecule has 0 radical (unpaired) electrons. The molecule has 4 heteroatoms. The molecule has 0 atom stereocenters. The minimum Gasteiger partial charge on any atom is -0.425 e. The number of aromatic nitrogens is 2. The fourth-order valence-electron chi connectivity index (χ4n) is 2.85. The zero-order chi connectivity index (χ0) is 14.7. The van der Waals surface area contributed by atoms with Crippen molar-refractivity contribution in [3.8, 4) is 5.75 Å². The van der Waals surface area contributed by atoms with Crippen molar-refractivity contribution in [2.45, 2.75) is 45.6 Å². The topological polar surface area (TPSA) is 44.1 Å². The maximum atomic E-state index is 12.1. The number of benzene rings is 1. The average molecular weight is 284 g/mol. The number of imidazole rings is 1. The molecule has 4 nitrogen and oxygen atoms in total. The van der Waals surface area contributed by atoms with Gasteiger partial charge in [0.05, 0.1) is 0 Å². The molecule has 0 fully saturated rings. The summed E-state index contributed by atoms with van der Waals surface area (Å²) in [6.45, 7) is 2.31. The Morgan fingerprint density at radius 1 is 1.33 bits per heavy atom. The molecular weight excluding hydrogens is 264 g/mol. The van der Waals surface area contributed by atoms with Crippen molar-refractivity contribution in [2.75, 3.05) is 0 Å². The highest BCUT2D eigenvalue weighted by Crippen LogP contribution is 2.26. The number of aryl methyl sites for hydroxylation is 3. The Hall–Kier alpha value is -2.10. The Morgan fingerprint density at radius 3 is 3.05 bits per heavy atom. The number of hydrogen-bond acceptors (Lipinski definition) is 3. The third-order valence-electron chi connectivity index (χ3n) is 3.88. The molecule has 0 spiro atoms. The molecule has 21 heavy (non-hydrogen) atoms. The van der Waals surface area contributed by atoms with E-state index in [0.717, 1.165) is 31.5 Å². The minimum absolute atomic E-state index is 0.215. The van der Waals surface area contributed by atoms with Crippen LogP contribution in [0.2, 0.25) is 0 Å². The number of rotatable bonds is 5. The molecule has 0 saturated heterocycles. The summed E-state index contributed by atoms with van der Waals surface area (Å²) in [4.78, 5) is 16.3. The van der Waals surface area contributed by atoms with Crippen LogP contribution < -0.4 is 4.74 Å². The van der Waals surface area contributed by atoms with Gasteiger partial charge in [0.1, 0.15) is 18.1 Å². The fraction of sp³-hybridized carbons (Fsp3) is 0.412. The zero-order valence-electron chi connectivity index (χ0n) is 12.3. The molecule has 1 aromatic carbocycles. The van der Waals surface area contributed by atoms with Gasteiger partial charge in [-0.05, 0) is 48.9 Å². The second-order valence-electron chi connectivity index (χ2n) is 5.48. The second-order valence-corrected chi connectivity index (χ2v) is 5.48. The SMILES string of the molecule is CCCc1nccn1CC(=O)Oc1ccc2c(c1)CCC2. The van der Waals surface area contributed by atoms with Gasteiger partial charge in [0.15, 0.2) is 0 Å². The zero-order valence-corrected chi connectivity index (χ0v) is 12.3. The van der Waals surface area contributed by atoms with E-state index in [4.69, 9.17) is 4.74 Å². The Morgan fingerprint density at radius 2 is 2.19 bits per heavy atom. The molecule has 0 amide bonds. The molecule has 3 rings (SSSR count). The highest BCUT2D eigenvalue weighted by Gasteiger charge is 2.14. The lowest BCUT2D eigenvalue weighted by atomic mass is 10.1. The van der Waals surface area contributed by atoms with Gasteiger partial charge in [-0.15, -0.1) is 0 Å². The summed E-state index contributed by atoms with van der Waals surface area (Å²) < 4.78 is 7.32. The smallest absolute Gasteiger partial charge is 0.331 e. The summed E-state index contributed by atoms with van der Waals surface area (Å²) in [7, 11) is 0. The molecule has 110 valence electrons. The number of ether oxygens (including phenoxy) is 1. The molecule has 1 aromatic heterocycles. The summed E-state index contributed by atoms with van der Waals surface area (Å²) in [6, 6.07) is 5.97. The molecule has 1 aliphatic carbocycles. The van der Waals surface area contributed by atoms with Gasteiger partial charge >= 0.3 is 5.97 Å².